The molecule has 0 heteroatoms. The summed E-state index contributed by atoms with van der Waals surface area (Å²) in [5.74, 6) is 0. The Hall–Kier alpha value is -1.30. The highest BCUT2D eigenvalue weighted by Gasteiger charge is 1.72. The average Bonchev–Trinajstić information content (AvgIpc) is 2.05. The monoisotopic (exact) mass is 157 g/mol. The van der Waals surface area contributed by atoms with Crippen LogP contribution in [-0.2, 0) is 0 Å². The Morgan fingerprint density at radius 2 is 1.08 bits per heavy atom. The summed E-state index contributed by atoms with van der Waals surface area (Å²) < 4.78 is 0. The predicted molar refractivity (Wildman–Crippen MR) is 54.6 cm³/mol. The summed E-state index contributed by atoms with van der Waals surface area (Å²) in [6, 6.07) is 0. The molecule has 0 fully saturated rings. The third kappa shape index (κ3) is 4.51. The van der Waals surface area contributed by atoms with Crippen LogP contribution >= 0.6 is 0 Å². The molecule has 0 aromatic rings. The molecule has 0 nitrogen and oxygen atoms in total. The fourth-order valence-electron chi connectivity index (χ4n) is 0.842. The molecule has 0 saturated carbocycles. The van der Waals surface area contributed by atoms with E-state index in [4.69, 9.17) is 0 Å². The van der Waals surface area contributed by atoms with Crippen LogP contribution in [0, 0.1) is 6.42 Å². The average molecular weight is 157 g/mol. The fourth-order valence-corrected chi connectivity index (χ4v) is 0.842. The maximum absolute atomic E-state index is 2.12. The van der Waals surface area contributed by atoms with Crippen LogP contribution < -0.4 is 0 Å². The van der Waals surface area contributed by atoms with Crippen LogP contribution in [0.3, 0.4) is 0 Å². The number of hydrogen-bond acceptors (Lipinski definition) is 0. The van der Waals surface area contributed by atoms with Gasteiger partial charge in [0.15, 0.2) is 0 Å². The molecule has 0 spiro atoms. The van der Waals surface area contributed by atoms with Crippen molar-refractivity contribution in [1.29, 1.82) is 0 Å². The van der Waals surface area contributed by atoms with Gasteiger partial charge < -0.3 is 0 Å². The highest BCUT2D eigenvalue weighted by Crippen LogP contribution is 1.92. The van der Waals surface area contributed by atoms with E-state index in [1.54, 1.807) is 0 Å². The lowest BCUT2D eigenvalue weighted by molar-refractivity contribution is 1.38. The molecule has 0 aromatic heterocycles. The minimum absolute atomic E-state index is 0.998. The molecule has 0 N–H and O–H groups in total. The molecule has 0 aromatic carbocycles. The summed E-state index contributed by atoms with van der Waals surface area (Å²) in [5, 5.41) is 0. The van der Waals surface area contributed by atoms with Crippen LogP contribution in [0.4, 0.5) is 0 Å². The van der Waals surface area contributed by atoms with Crippen LogP contribution in [0.1, 0.15) is 6.42 Å². The zero-order chi connectivity index (χ0) is 8.49. The van der Waals surface area contributed by atoms with Gasteiger partial charge in [0, 0.05) is 6.42 Å². The second-order valence-corrected chi connectivity index (χ2v) is 2.44. The molecular formula is C12H13. The SMILES string of the molecule is [CH]1\C=C/C=C/C=C\C=C\C/C=C/1. The zero-order valence-electron chi connectivity index (χ0n) is 7.06. The van der Waals surface area contributed by atoms with Crippen molar-refractivity contribution in [2.45, 2.75) is 6.42 Å². The van der Waals surface area contributed by atoms with Crippen LogP contribution in [0.2, 0.25) is 0 Å². The van der Waals surface area contributed by atoms with Crippen molar-refractivity contribution in [1.82, 2.24) is 0 Å². The second kappa shape index (κ2) is 6.41. The lowest BCUT2D eigenvalue weighted by Gasteiger charge is -1.83. The molecule has 12 heavy (non-hydrogen) atoms. The minimum Gasteiger partial charge on any atom is -0.0841 e. The summed E-state index contributed by atoms with van der Waals surface area (Å²) in [6.07, 6.45) is 23.5. The van der Waals surface area contributed by atoms with Gasteiger partial charge in [0.25, 0.3) is 0 Å². The Bertz CT molecular complexity index is 211. The Kier molecular flexibility index (Phi) is 4.70. The number of allylic oxidation sites excluding steroid dienone is 10. The summed E-state index contributed by atoms with van der Waals surface area (Å²) in [5.41, 5.74) is 0. The molecule has 0 heterocycles. The molecule has 0 aliphatic heterocycles. The molecular weight excluding hydrogens is 144 g/mol. The van der Waals surface area contributed by atoms with Gasteiger partial charge >= 0.3 is 0 Å². The topological polar surface area (TPSA) is 0 Å². The van der Waals surface area contributed by atoms with Crippen molar-refractivity contribution in [2.75, 3.05) is 0 Å². The normalized spacial score (nSPS) is 30.7. The minimum atomic E-state index is 0.998. The van der Waals surface area contributed by atoms with Crippen LogP contribution in [0.15, 0.2) is 60.8 Å². The molecule has 1 aliphatic rings. The van der Waals surface area contributed by atoms with Crippen molar-refractivity contribution < 1.29 is 0 Å². The smallest absolute Gasteiger partial charge is 0.00475 e. The van der Waals surface area contributed by atoms with Crippen LogP contribution in [0.25, 0.3) is 0 Å². The van der Waals surface area contributed by atoms with Crippen molar-refractivity contribution in [3.05, 3.63) is 67.2 Å². The standard InChI is InChI=1S/C12H13/c1-2-4-6-8-10-12-11-9-7-5-3-1/h1-11H,12H2/b2-1+,5-3-,6-4-,10-8+,11-9+. The van der Waals surface area contributed by atoms with E-state index in [1.165, 1.54) is 0 Å². The summed E-state index contributed by atoms with van der Waals surface area (Å²) in [7, 11) is 0. The lowest BCUT2D eigenvalue weighted by Crippen LogP contribution is -1.63. The quantitative estimate of drug-likeness (QED) is 0.505. The Balaban J connectivity index is 2.55. The van der Waals surface area contributed by atoms with Gasteiger partial charge in [-0.25, -0.2) is 0 Å². The first-order valence-electron chi connectivity index (χ1n) is 4.15. The van der Waals surface area contributed by atoms with E-state index in [0.29, 0.717) is 0 Å². The van der Waals surface area contributed by atoms with Gasteiger partial charge in [0.1, 0.15) is 0 Å². The van der Waals surface area contributed by atoms with Gasteiger partial charge in [-0.15, -0.1) is 0 Å². The van der Waals surface area contributed by atoms with Crippen LogP contribution in [0.5, 0.6) is 0 Å². The van der Waals surface area contributed by atoms with E-state index >= 15 is 0 Å². The Morgan fingerprint density at radius 1 is 0.500 bits per heavy atom. The molecule has 0 atom stereocenters. The van der Waals surface area contributed by atoms with Gasteiger partial charge in [-0.05, 0) is 6.42 Å². The van der Waals surface area contributed by atoms with Gasteiger partial charge in [-0.2, -0.15) is 0 Å². The highest BCUT2D eigenvalue weighted by molar-refractivity contribution is 5.20. The first kappa shape index (κ1) is 8.79. The van der Waals surface area contributed by atoms with Crippen molar-refractivity contribution in [3.63, 3.8) is 0 Å². The highest BCUT2D eigenvalue weighted by atomic mass is 13.8. The van der Waals surface area contributed by atoms with Gasteiger partial charge in [-0.1, -0.05) is 60.8 Å². The molecule has 0 amide bonds. The third-order valence-corrected chi connectivity index (χ3v) is 1.43. The van der Waals surface area contributed by atoms with E-state index in [0.717, 1.165) is 6.42 Å². The van der Waals surface area contributed by atoms with Gasteiger partial charge in [0.2, 0.25) is 0 Å². The molecule has 0 saturated heterocycles. The van der Waals surface area contributed by atoms with Gasteiger partial charge in [-0.3, -0.25) is 0 Å². The molecule has 1 rings (SSSR count). The van der Waals surface area contributed by atoms with Crippen molar-refractivity contribution in [2.24, 2.45) is 0 Å². The number of hydrogen-bond donors (Lipinski definition) is 0. The first-order chi connectivity index (χ1) is 6.00. The Morgan fingerprint density at radius 3 is 1.92 bits per heavy atom. The van der Waals surface area contributed by atoms with Crippen LogP contribution in [-0.4, -0.2) is 0 Å². The molecule has 1 aliphatic carbocycles. The third-order valence-electron chi connectivity index (χ3n) is 1.43. The summed E-state index contributed by atoms with van der Waals surface area (Å²) >= 11 is 0. The largest absolute Gasteiger partial charge is 0.0841 e. The lowest BCUT2D eigenvalue weighted by atomic mass is 10.2. The van der Waals surface area contributed by atoms with E-state index in [9.17, 15) is 0 Å². The maximum atomic E-state index is 2.12. The summed E-state index contributed by atoms with van der Waals surface area (Å²) in [6.45, 7) is 0. The second-order valence-electron chi connectivity index (χ2n) is 2.44. The molecule has 0 bridgehead atoms. The fraction of sp³-hybridized carbons (Fsp3) is 0.0833. The molecule has 1 radical (unpaired) electrons. The predicted octanol–water partition coefficient (Wildman–Crippen LogP) is 3.38. The molecule has 61 valence electrons. The van der Waals surface area contributed by atoms with Gasteiger partial charge in [0.05, 0.1) is 0 Å². The number of rotatable bonds is 0. The zero-order valence-corrected chi connectivity index (χ0v) is 7.06. The Labute approximate surface area is 74.3 Å². The maximum Gasteiger partial charge on any atom is 0.00475 e. The van der Waals surface area contributed by atoms with E-state index in [1.807, 2.05) is 42.9 Å². The first-order valence-corrected chi connectivity index (χ1v) is 4.15. The van der Waals surface area contributed by atoms with E-state index in [-0.39, 0.29) is 0 Å². The van der Waals surface area contributed by atoms with E-state index < -0.39 is 0 Å². The van der Waals surface area contributed by atoms with E-state index in [2.05, 4.69) is 24.3 Å². The van der Waals surface area contributed by atoms with Crippen molar-refractivity contribution in [3.8, 4) is 0 Å². The summed E-state index contributed by atoms with van der Waals surface area (Å²) in [4.78, 5) is 0. The van der Waals surface area contributed by atoms with Crippen molar-refractivity contribution >= 4 is 0 Å². The molecule has 0 unspecified atom stereocenters.